The first kappa shape index (κ1) is 16.1. The van der Waals surface area contributed by atoms with E-state index in [1.165, 1.54) is 0 Å². The monoisotopic (exact) mass is 356 g/mol. The molecule has 132 valence electrons. The van der Waals surface area contributed by atoms with E-state index in [0.717, 1.165) is 24.3 Å². The van der Waals surface area contributed by atoms with Gasteiger partial charge in [-0.2, -0.15) is 0 Å². The third-order valence-corrected chi connectivity index (χ3v) is 4.23. The van der Waals surface area contributed by atoms with E-state index in [0.29, 0.717) is 11.1 Å². The molecule has 0 aromatic heterocycles. The van der Waals surface area contributed by atoms with E-state index in [-0.39, 0.29) is 0 Å². The molecule has 1 aromatic carbocycles. The fourth-order valence-corrected chi connectivity index (χ4v) is 3.19. The number of esters is 4. The summed E-state index contributed by atoms with van der Waals surface area (Å²) < 4.78 is 21.5. The molecule has 0 fully saturated rings. The van der Waals surface area contributed by atoms with Gasteiger partial charge in [-0.3, -0.25) is 0 Å². The summed E-state index contributed by atoms with van der Waals surface area (Å²) in [7, 11) is 0. The number of carbonyl (C=O) groups is 4. The van der Waals surface area contributed by atoms with Crippen molar-refractivity contribution < 1.29 is 38.1 Å². The van der Waals surface area contributed by atoms with Crippen LogP contribution in [0.3, 0.4) is 0 Å². The summed E-state index contributed by atoms with van der Waals surface area (Å²) in [6.45, 7) is 0. The minimum atomic E-state index is -1.17. The van der Waals surface area contributed by atoms with Crippen molar-refractivity contribution in [2.75, 3.05) is 0 Å². The highest BCUT2D eigenvalue weighted by molar-refractivity contribution is 5.93. The van der Waals surface area contributed by atoms with Gasteiger partial charge >= 0.3 is 23.9 Å². The summed E-state index contributed by atoms with van der Waals surface area (Å²) in [4.78, 5) is 47.7. The average molecular weight is 356 g/mol. The fraction of sp³-hybridized carbons (Fsp3) is 0.222. The molecule has 0 saturated carbocycles. The van der Waals surface area contributed by atoms with Crippen LogP contribution in [0.2, 0.25) is 0 Å². The van der Waals surface area contributed by atoms with Gasteiger partial charge in [0.2, 0.25) is 0 Å². The largest absolute Gasteiger partial charge is 0.451 e. The quantitative estimate of drug-likeness (QED) is 0.497. The normalized spacial score (nSPS) is 32.5. The fourth-order valence-electron chi connectivity index (χ4n) is 3.19. The van der Waals surface area contributed by atoms with E-state index in [1.807, 2.05) is 0 Å². The average Bonchev–Trinajstić information content (AvgIpc) is 2.61. The lowest BCUT2D eigenvalue weighted by Gasteiger charge is -2.41. The van der Waals surface area contributed by atoms with Gasteiger partial charge in [0.15, 0.2) is 24.4 Å². The zero-order chi connectivity index (χ0) is 18.3. The molecule has 4 rings (SSSR count). The number of hydrogen-bond donors (Lipinski definition) is 0. The molecule has 3 aliphatic rings. The molecular weight excluding hydrogens is 344 g/mol. The van der Waals surface area contributed by atoms with Crippen molar-refractivity contribution in [1.82, 2.24) is 0 Å². The van der Waals surface area contributed by atoms with Crippen molar-refractivity contribution in [3.8, 4) is 0 Å². The highest BCUT2D eigenvalue weighted by Gasteiger charge is 2.51. The number of carbonyl (C=O) groups excluding carboxylic acids is 4. The second kappa shape index (κ2) is 6.14. The lowest BCUT2D eigenvalue weighted by Crippen LogP contribution is -2.49. The van der Waals surface area contributed by atoms with E-state index in [1.54, 1.807) is 24.3 Å². The van der Waals surface area contributed by atoms with Gasteiger partial charge in [-0.25, -0.2) is 19.2 Å². The minimum absolute atomic E-state index is 0.503. The smallest absolute Gasteiger partial charge is 0.331 e. The molecule has 2 aliphatic heterocycles. The first-order chi connectivity index (χ1) is 12.5. The molecule has 8 nitrogen and oxygen atoms in total. The van der Waals surface area contributed by atoms with E-state index in [4.69, 9.17) is 18.9 Å². The third kappa shape index (κ3) is 2.75. The lowest BCUT2D eigenvalue weighted by atomic mass is 9.82. The van der Waals surface area contributed by atoms with Crippen LogP contribution < -0.4 is 0 Å². The van der Waals surface area contributed by atoms with Crippen molar-refractivity contribution in [2.45, 2.75) is 24.4 Å². The summed E-state index contributed by atoms with van der Waals surface area (Å²) in [5.41, 5.74) is 1.01. The summed E-state index contributed by atoms with van der Waals surface area (Å²) in [5.74, 6) is -3.07. The molecule has 0 amide bonds. The Morgan fingerprint density at radius 2 is 0.885 bits per heavy atom. The first-order valence-corrected chi connectivity index (χ1v) is 7.80. The van der Waals surface area contributed by atoms with E-state index in [2.05, 4.69) is 0 Å². The van der Waals surface area contributed by atoms with Crippen LogP contribution in [0.4, 0.5) is 0 Å². The molecule has 0 bridgehead atoms. The van der Waals surface area contributed by atoms with Crippen molar-refractivity contribution in [3.05, 3.63) is 59.7 Å². The van der Waals surface area contributed by atoms with Crippen LogP contribution in [0.1, 0.15) is 23.3 Å². The molecule has 1 aromatic rings. The highest BCUT2D eigenvalue weighted by atomic mass is 16.6. The Morgan fingerprint density at radius 3 is 1.27 bits per heavy atom. The third-order valence-electron chi connectivity index (χ3n) is 4.23. The standard InChI is InChI=1S/C18H12O8/c19-11-5-7-13(21)25-17-15(23-11)9-3-1-2-4-10(9)16-18(17)26-14(22)8-6-12(20)24-16/h1-8,15-18H/b7-5-,8-6-. The van der Waals surface area contributed by atoms with Crippen molar-refractivity contribution >= 4 is 23.9 Å². The summed E-state index contributed by atoms with van der Waals surface area (Å²) in [5, 5.41) is 0. The van der Waals surface area contributed by atoms with Gasteiger partial charge in [-0.15, -0.1) is 0 Å². The molecule has 4 atom stereocenters. The van der Waals surface area contributed by atoms with Crippen LogP contribution in [0.25, 0.3) is 0 Å². The Labute approximate surface area is 147 Å². The van der Waals surface area contributed by atoms with Gasteiger partial charge < -0.3 is 18.9 Å². The number of ether oxygens (including phenoxy) is 4. The molecule has 0 radical (unpaired) electrons. The molecule has 8 heteroatoms. The Kier molecular flexibility index (Phi) is 3.80. The zero-order valence-electron chi connectivity index (χ0n) is 13.2. The zero-order valence-corrected chi connectivity index (χ0v) is 13.2. The predicted octanol–water partition coefficient (Wildman–Crippen LogP) is 0.832. The Hall–Kier alpha value is -3.42. The number of benzene rings is 1. The highest BCUT2D eigenvalue weighted by Crippen LogP contribution is 2.44. The minimum Gasteiger partial charge on any atom is -0.451 e. The first-order valence-electron chi connectivity index (χ1n) is 7.80. The molecule has 0 saturated heterocycles. The summed E-state index contributed by atoms with van der Waals surface area (Å²) in [6.07, 6.45) is -0.595. The van der Waals surface area contributed by atoms with Gasteiger partial charge in [0.1, 0.15) is 0 Å². The van der Waals surface area contributed by atoms with E-state index >= 15 is 0 Å². The molecular formula is C18H12O8. The van der Waals surface area contributed by atoms with Crippen molar-refractivity contribution in [1.29, 1.82) is 0 Å². The van der Waals surface area contributed by atoms with Crippen LogP contribution in [0, 0.1) is 0 Å². The van der Waals surface area contributed by atoms with Crippen LogP contribution in [-0.2, 0) is 38.1 Å². The van der Waals surface area contributed by atoms with Gasteiger partial charge in [0, 0.05) is 35.4 Å². The number of rotatable bonds is 0. The second-order valence-electron chi connectivity index (χ2n) is 5.81. The predicted molar refractivity (Wildman–Crippen MR) is 82.1 cm³/mol. The van der Waals surface area contributed by atoms with E-state index < -0.39 is 48.3 Å². The van der Waals surface area contributed by atoms with Crippen LogP contribution >= 0.6 is 0 Å². The second-order valence-corrected chi connectivity index (χ2v) is 5.81. The molecule has 26 heavy (non-hydrogen) atoms. The Morgan fingerprint density at radius 1 is 0.538 bits per heavy atom. The molecule has 2 heterocycles. The van der Waals surface area contributed by atoms with Gasteiger partial charge in [-0.05, 0) is 0 Å². The molecule has 0 N–H and O–H groups in total. The van der Waals surface area contributed by atoms with Gasteiger partial charge in [-0.1, -0.05) is 24.3 Å². The Balaban J connectivity index is 1.87. The van der Waals surface area contributed by atoms with E-state index in [9.17, 15) is 19.2 Å². The molecule has 0 spiro atoms. The number of hydrogen-bond acceptors (Lipinski definition) is 8. The van der Waals surface area contributed by atoms with Crippen molar-refractivity contribution in [3.63, 3.8) is 0 Å². The maximum absolute atomic E-state index is 11.9. The molecule has 4 unspecified atom stereocenters. The summed E-state index contributed by atoms with van der Waals surface area (Å²) in [6, 6.07) is 6.74. The van der Waals surface area contributed by atoms with Gasteiger partial charge in [0.05, 0.1) is 0 Å². The topological polar surface area (TPSA) is 105 Å². The summed E-state index contributed by atoms with van der Waals surface area (Å²) >= 11 is 0. The van der Waals surface area contributed by atoms with Crippen LogP contribution in [0.5, 0.6) is 0 Å². The maximum atomic E-state index is 11.9. The van der Waals surface area contributed by atoms with Crippen LogP contribution in [0.15, 0.2) is 48.6 Å². The lowest BCUT2D eigenvalue weighted by molar-refractivity contribution is -0.202. The SMILES string of the molecule is O=C1/C=C\C(=O)OC2C(O1)c1ccccc1C1OC(=O)/C=C\C(=O)OC12. The van der Waals surface area contributed by atoms with Crippen LogP contribution in [-0.4, -0.2) is 36.1 Å². The number of fused-ring (bicyclic) bond motifs is 6. The van der Waals surface area contributed by atoms with Gasteiger partial charge in [0.25, 0.3) is 0 Å². The van der Waals surface area contributed by atoms with Crippen molar-refractivity contribution in [2.24, 2.45) is 0 Å². The Bertz CT molecular complexity index is 797. The maximum Gasteiger partial charge on any atom is 0.331 e. The molecule has 1 aliphatic carbocycles.